The molecular weight excluding hydrogens is 191 g/mol. The van der Waals surface area contributed by atoms with Gasteiger partial charge in [-0.05, 0) is 30.7 Å². The summed E-state index contributed by atoms with van der Waals surface area (Å²) in [4.78, 5) is 1.79. The van der Waals surface area contributed by atoms with Gasteiger partial charge in [0, 0.05) is 19.8 Å². The maximum atomic E-state index is 12.3. The Morgan fingerprint density at radius 3 is 2.07 bits per heavy atom. The van der Waals surface area contributed by atoms with Gasteiger partial charge in [0.2, 0.25) is 0 Å². The second-order valence-corrected chi connectivity index (χ2v) is 3.39. The first-order chi connectivity index (χ1) is 6.32. The molecule has 78 valence electrons. The number of hydrogen-bond acceptors (Lipinski definition) is 1. The third-order valence-electron chi connectivity index (χ3n) is 2.01. The lowest BCUT2D eigenvalue weighted by Crippen LogP contribution is -2.12. The molecule has 0 bridgehead atoms. The van der Waals surface area contributed by atoms with Crippen LogP contribution in [0.1, 0.15) is 11.1 Å². The molecule has 0 aliphatic carbocycles. The molecule has 1 rings (SSSR count). The van der Waals surface area contributed by atoms with Gasteiger partial charge < -0.3 is 4.90 Å². The Labute approximate surface area is 81.1 Å². The molecule has 0 aliphatic rings. The van der Waals surface area contributed by atoms with E-state index in [1.807, 2.05) is 0 Å². The highest BCUT2D eigenvalue weighted by Crippen LogP contribution is 2.31. The van der Waals surface area contributed by atoms with Crippen LogP contribution in [0, 0.1) is 6.92 Å². The van der Waals surface area contributed by atoms with Gasteiger partial charge in [0.25, 0.3) is 0 Å². The molecule has 0 fully saturated rings. The van der Waals surface area contributed by atoms with E-state index in [0.717, 1.165) is 17.8 Å². The topological polar surface area (TPSA) is 3.24 Å². The lowest BCUT2D eigenvalue weighted by Gasteiger charge is -2.17. The molecule has 0 radical (unpaired) electrons. The molecule has 0 N–H and O–H groups in total. The van der Waals surface area contributed by atoms with E-state index in [-0.39, 0.29) is 0 Å². The minimum atomic E-state index is -4.25. The summed E-state index contributed by atoms with van der Waals surface area (Å²) < 4.78 is 36.9. The average molecular weight is 203 g/mol. The second kappa shape index (κ2) is 3.52. The normalized spacial score (nSPS) is 11.6. The highest BCUT2D eigenvalue weighted by Gasteiger charge is 2.30. The zero-order chi connectivity index (χ0) is 10.9. The maximum absolute atomic E-state index is 12.3. The van der Waals surface area contributed by atoms with E-state index in [1.165, 1.54) is 6.07 Å². The van der Waals surface area contributed by atoms with E-state index in [2.05, 4.69) is 0 Å². The van der Waals surface area contributed by atoms with Crippen LogP contribution < -0.4 is 4.90 Å². The molecule has 0 aliphatic heterocycles. The molecule has 0 aromatic heterocycles. The molecule has 0 heterocycles. The third kappa shape index (κ3) is 2.19. The molecule has 14 heavy (non-hydrogen) atoms. The quantitative estimate of drug-likeness (QED) is 0.678. The number of rotatable bonds is 1. The van der Waals surface area contributed by atoms with E-state index in [1.54, 1.807) is 25.9 Å². The van der Waals surface area contributed by atoms with Gasteiger partial charge in [-0.25, -0.2) is 0 Å². The fourth-order valence-corrected chi connectivity index (χ4v) is 1.33. The van der Waals surface area contributed by atoms with Gasteiger partial charge in [-0.3, -0.25) is 0 Å². The van der Waals surface area contributed by atoms with Crippen LogP contribution in [-0.4, -0.2) is 14.1 Å². The van der Waals surface area contributed by atoms with E-state index in [4.69, 9.17) is 0 Å². The molecular formula is C10H12F3N. The number of alkyl halides is 3. The fourth-order valence-electron chi connectivity index (χ4n) is 1.33. The van der Waals surface area contributed by atoms with Crippen LogP contribution >= 0.6 is 0 Å². The summed E-state index contributed by atoms with van der Waals surface area (Å²) in [6.45, 7) is 1.67. The smallest absolute Gasteiger partial charge is 0.377 e. The van der Waals surface area contributed by atoms with Crippen molar-refractivity contribution < 1.29 is 13.2 Å². The number of anilines is 1. The first-order valence-corrected chi connectivity index (χ1v) is 4.17. The van der Waals surface area contributed by atoms with Crippen molar-refractivity contribution in [2.24, 2.45) is 0 Å². The first-order valence-electron chi connectivity index (χ1n) is 4.17. The van der Waals surface area contributed by atoms with Crippen molar-refractivity contribution >= 4 is 5.69 Å². The standard InChI is InChI=1S/C10H12F3N/c1-7-6-8(10(11,12)13)4-5-9(7)14(2)3/h4-6H,1-3H3. The van der Waals surface area contributed by atoms with Gasteiger partial charge in [-0.1, -0.05) is 0 Å². The van der Waals surface area contributed by atoms with Gasteiger partial charge >= 0.3 is 6.18 Å². The van der Waals surface area contributed by atoms with Gasteiger partial charge in [0.15, 0.2) is 0 Å². The fraction of sp³-hybridized carbons (Fsp3) is 0.400. The van der Waals surface area contributed by atoms with E-state index in [0.29, 0.717) is 5.56 Å². The summed E-state index contributed by atoms with van der Waals surface area (Å²) in [5.41, 5.74) is 0.837. The maximum Gasteiger partial charge on any atom is 0.416 e. The predicted octanol–water partition coefficient (Wildman–Crippen LogP) is 3.08. The van der Waals surface area contributed by atoms with Crippen LogP contribution in [0.5, 0.6) is 0 Å². The molecule has 0 amide bonds. The number of benzene rings is 1. The first kappa shape index (κ1) is 10.9. The summed E-state index contributed by atoms with van der Waals surface area (Å²) in [5.74, 6) is 0. The Morgan fingerprint density at radius 2 is 1.71 bits per heavy atom. The van der Waals surface area contributed by atoms with Gasteiger partial charge in [-0.2, -0.15) is 13.2 Å². The Kier molecular flexibility index (Phi) is 2.73. The molecule has 0 spiro atoms. The van der Waals surface area contributed by atoms with Gasteiger partial charge in [0.1, 0.15) is 0 Å². The minimum Gasteiger partial charge on any atom is -0.377 e. The van der Waals surface area contributed by atoms with Gasteiger partial charge in [-0.15, -0.1) is 0 Å². The van der Waals surface area contributed by atoms with Crippen molar-refractivity contribution in [2.45, 2.75) is 13.1 Å². The third-order valence-corrected chi connectivity index (χ3v) is 2.01. The van der Waals surface area contributed by atoms with Crippen molar-refractivity contribution in [1.29, 1.82) is 0 Å². The zero-order valence-corrected chi connectivity index (χ0v) is 8.31. The summed E-state index contributed by atoms with van der Waals surface area (Å²) in [5, 5.41) is 0. The summed E-state index contributed by atoms with van der Waals surface area (Å²) in [6, 6.07) is 3.75. The summed E-state index contributed by atoms with van der Waals surface area (Å²) in [6.07, 6.45) is -4.25. The highest BCUT2D eigenvalue weighted by molar-refractivity contribution is 5.53. The zero-order valence-electron chi connectivity index (χ0n) is 8.31. The summed E-state index contributed by atoms with van der Waals surface area (Å²) >= 11 is 0. The van der Waals surface area contributed by atoms with Crippen LogP contribution in [0.25, 0.3) is 0 Å². The average Bonchev–Trinajstić information content (AvgIpc) is 2.01. The van der Waals surface area contributed by atoms with Crippen molar-refractivity contribution in [3.8, 4) is 0 Å². The van der Waals surface area contributed by atoms with Crippen LogP contribution in [0.2, 0.25) is 0 Å². The lowest BCUT2D eigenvalue weighted by molar-refractivity contribution is -0.137. The SMILES string of the molecule is Cc1cc(C(F)(F)F)ccc1N(C)C. The van der Waals surface area contributed by atoms with E-state index >= 15 is 0 Å². The Bertz CT molecular complexity index is 329. The number of aryl methyl sites for hydroxylation is 1. The van der Waals surface area contributed by atoms with Crippen LogP contribution in [0.15, 0.2) is 18.2 Å². The molecule has 0 unspecified atom stereocenters. The highest BCUT2D eigenvalue weighted by atomic mass is 19.4. The Morgan fingerprint density at radius 1 is 1.14 bits per heavy atom. The number of halogens is 3. The molecule has 0 saturated heterocycles. The van der Waals surface area contributed by atoms with Crippen molar-refractivity contribution in [3.05, 3.63) is 29.3 Å². The van der Waals surface area contributed by atoms with Crippen molar-refractivity contribution in [3.63, 3.8) is 0 Å². The number of hydrogen-bond donors (Lipinski definition) is 0. The lowest BCUT2D eigenvalue weighted by atomic mass is 10.1. The van der Waals surface area contributed by atoms with Crippen molar-refractivity contribution in [1.82, 2.24) is 0 Å². The minimum absolute atomic E-state index is 0.597. The Balaban J connectivity index is 3.13. The molecule has 4 heteroatoms. The van der Waals surface area contributed by atoms with Crippen LogP contribution in [0.3, 0.4) is 0 Å². The molecule has 1 nitrogen and oxygen atoms in total. The van der Waals surface area contributed by atoms with Crippen LogP contribution in [0.4, 0.5) is 18.9 Å². The van der Waals surface area contributed by atoms with Gasteiger partial charge in [0.05, 0.1) is 5.56 Å². The largest absolute Gasteiger partial charge is 0.416 e. The van der Waals surface area contributed by atoms with E-state index in [9.17, 15) is 13.2 Å². The molecule has 0 atom stereocenters. The molecule has 1 aromatic rings. The Hall–Kier alpha value is -1.19. The number of nitrogens with zero attached hydrogens (tertiary/aromatic N) is 1. The summed E-state index contributed by atoms with van der Waals surface area (Å²) in [7, 11) is 3.60. The predicted molar refractivity (Wildman–Crippen MR) is 50.5 cm³/mol. The van der Waals surface area contributed by atoms with E-state index < -0.39 is 11.7 Å². The van der Waals surface area contributed by atoms with Crippen molar-refractivity contribution in [2.75, 3.05) is 19.0 Å². The molecule has 0 saturated carbocycles. The van der Waals surface area contributed by atoms with Crippen LogP contribution in [-0.2, 0) is 6.18 Å². The monoisotopic (exact) mass is 203 g/mol. The molecule has 1 aromatic carbocycles. The second-order valence-electron chi connectivity index (χ2n) is 3.39.